The van der Waals surface area contributed by atoms with Gasteiger partial charge in [-0.3, -0.25) is 9.78 Å². The number of amides is 1. The first kappa shape index (κ1) is 21.2. The number of nitrogens with zero attached hydrogens (tertiary/aromatic N) is 2. The van der Waals surface area contributed by atoms with Crippen molar-refractivity contribution in [2.45, 2.75) is 19.6 Å². The van der Waals surface area contributed by atoms with Crippen molar-refractivity contribution < 1.29 is 14.3 Å². The van der Waals surface area contributed by atoms with Crippen LogP contribution < -0.4 is 14.8 Å². The molecule has 2 heterocycles. The van der Waals surface area contributed by atoms with Crippen LogP contribution in [0.25, 0.3) is 5.69 Å². The third-order valence-corrected chi connectivity index (χ3v) is 5.21. The van der Waals surface area contributed by atoms with Gasteiger partial charge in [0.2, 0.25) is 0 Å². The van der Waals surface area contributed by atoms with E-state index in [4.69, 9.17) is 9.47 Å². The molecule has 1 unspecified atom stereocenters. The number of nitrogens with one attached hydrogen (secondary N) is 1. The number of carbonyl (C=O) groups excluding carboxylic acids is 1. The molecule has 2 aromatic heterocycles. The Balaban J connectivity index is 1.41. The number of ether oxygens (including phenoxy) is 2. The highest BCUT2D eigenvalue weighted by Crippen LogP contribution is 2.31. The third-order valence-electron chi connectivity index (χ3n) is 5.21. The smallest absolute Gasteiger partial charge is 0.251 e. The maximum Gasteiger partial charge on any atom is 0.251 e. The van der Waals surface area contributed by atoms with Crippen LogP contribution in [-0.4, -0.2) is 22.6 Å². The highest BCUT2D eigenvalue weighted by Gasteiger charge is 2.14. The average molecular weight is 428 g/mol. The van der Waals surface area contributed by atoms with Crippen molar-refractivity contribution in [2.75, 3.05) is 7.11 Å². The summed E-state index contributed by atoms with van der Waals surface area (Å²) >= 11 is 0. The van der Waals surface area contributed by atoms with E-state index in [1.165, 1.54) is 0 Å². The summed E-state index contributed by atoms with van der Waals surface area (Å²) in [7, 11) is 1.61. The zero-order chi connectivity index (χ0) is 22.3. The van der Waals surface area contributed by atoms with E-state index >= 15 is 0 Å². The Kier molecular flexibility index (Phi) is 6.51. The van der Waals surface area contributed by atoms with E-state index in [2.05, 4.69) is 10.3 Å². The number of carbonyl (C=O) groups is 1. The van der Waals surface area contributed by atoms with Crippen molar-refractivity contribution in [1.29, 1.82) is 0 Å². The molecule has 0 aliphatic rings. The van der Waals surface area contributed by atoms with E-state index in [-0.39, 0.29) is 11.9 Å². The Morgan fingerprint density at radius 2 is 1.72 bits per heavy atom. The quantitative estimate of drug-likeness (QED) is 0.432. The summed E-state index contributed by atoms with van der Waals surface area (Å²) in [6, 6.07) is 20.7. The molecule has 1 atom stereocenters. The zero-order valence-electron chi connectivity index (χ0n) is 18.1. The van der Waals surface area contributed by atoms with Crippen LogP contribution in [0.1, 0.15) is 34.5 Å². The zero-order valence-corrected chi connectivity index (χ0v) is 18.1. The van der Waals surface area contributed by atoms with E-state index in [9.17, 15) is 4.79 Å². The molecular weight excluding hydrogens is 402 g/mol. The van der Waals surface area contributed by atoms with Crippen LogP contribution in [0.2, 0.25) is 0 Å². The number of pyridine rings is 1. The predicted octanol–water partition coefficient (Wildman–Crippen LogP) is 4.95. The number of methoxy groups -OCH3 is 1. The second-order valence-corrected chi connectivity index (χ2v) is 7.39. The SMILES string of the molecule is COc1cc(C(C)NC(=O)c2ccc(-n3cccc3)cc2)ccc1OCc1ccncc1. The molecule has 6 heteroatoms. The molecule has 1 N–H and O–H groups in total. The van der Waals surface area contributed by atoms with E-state index in [1.54, 1.807) is 19.5 Å². The minimum Gasteiger partial charge on any atom is -0.493 e. The van der Waals surface area contributed by atoms with Gasteiger partial charge in [-0.1, -0.05) is 6.07 Å². The number of hydrogen-bond acceptors (Lipinski definition) is 4. The molecule has 0 aliphatic carbocycles. The van der Waals surface area contributed by atoms with Crippen LogP contribution in [0.15, 0.2) is 91.5 Å². The summed E-state index contributed by atoms with van der Waals surface area (Å²) in [4.78, 5) is 16.7. The summed E-state index contributed by atoms with van der Waals surface area (Å²) in [5.41, 5.74) is 3.56. The van der Waals surface area contributed by atoms with Crippen molar-refractivity contribution in [1.82, 2.24) is 14.9 Å². The van der Waals surface area contributed by atoms with Crippen LogP contribution in [-0.2, 0) is 6.61 Å². The molecule has 162 valence electrons. The fraction of sp³-hybridized carbons (Fsp3) is 0.154. The van der Waals surface area contributed by atoms with Crippen LogP contribution in [0.3, 0.4) is 0 Å². The van der Waals surface area contributed by atoms with E-state index in [0.29, 0.717) is 23.7 Å². The molecule has 1 amide bonds. The van der Waals surface area contributed by atoms with Gasteiger partial charge in [0.15, 0.2) is 11.5 Å². The van der Waals surface area contributed by atoms with Crippen molar-refractivity contribution >= 4 is 5.91 Å². The highest BCUT2D eigenvalue weighted by atomic mass is 16.5. The first-order valence-electron chi connectivity index (χ1n) is 10.4. The lowest BCUT2D eigenvalue weighted by Gasteiger charge is -2.17. The fourth-order valence-electron chi connectivity index (χ4n) is 3.37. The molecule has 0 aliphatic heterocycles. The maximum absolute atomic E-state index is 12.7. The van der Waals surface area contributed by atoms with Crippen LogP contribution >= 0.6 is 0 Å². The van der Waals surface area contributed by atoms with Crippen molar-refractivity contribution in [2.24, 2.45) is 0 Å². The molecule has 0 bridgehead atoms. The molecular formula is C26H25N3O3. The normalized spacial score (nSPS) is 11.6. The van der Waals surface area contributed by atoms with Gasteiger partial charge in [-0.2, -0.15) is 0 Å². The van der Waals surface area contributed by atoms with Gasteiger partial charge in [0.25, 0.3) is 5.91 Å². The minimum atomic E-state index is -0.199. The number of rotatable bonds is 8. The van der Waals surface area contributed by atoms with E-state index in [1.807, 2.05) is 90.6 Å². The molecule has 0 fully saturated rings. The lowest BCUT2D eigenvalue weighted by atomic mass is 10.1. The van der Waals surface area contributed by atoms with Gasteiger partial charge in [0, 0.05) is 36.0 Å². The van der Waals surface area contributed by atoms with Crippen molar-refractivity contribution in [3.63, 3.8) is 0 Å². The summed E-state index contributed by atoms with van der Waals surface area (Å²) in [6.45, 7) is 2.36. The topological polar surface area (TPSA) is 65.4 Å². The molecule has 0 saturated carbocycles. The van der Waals surface area contributed by atoms with Gasteiger partial charge in [0.05, 0.1) is 13.2 Å². The summed E-state index contributed by atoms with van der Waals surface area (Å²) in [6.07, 6.45) is 7.40. The third kappa shape index (κ3) is 4.98. The Morgan fingerprint density at radius 3 is 2.41 bits per heavy atom. The van der Waals surface area contributed by atoms with Crippen molar-refractivity contribution in [3.8, 4) is 17.2 Å². The first-order chi connectivity index (χ1) is 15.6. The molecule has 6 nitrogen and oxygen atoms in total. The summed E-state index contributed by atoms with van der Waals surface area (Å²) < 4.78 is 13.4. The van der Waals surface area contributed by atoms with Gasteiger partial charge in [-0.05, 0) is 78.7 Å². The minimum absolute atomic E-state index is 0.131. The number of benzene rings is 2. The van der Waals surface area contributed by atoms with Crippen molar-refractivity contribution in [3.05, 3.63) is 108 Å². The monoisotopic (exact) mass is 427 g/mol. The molecule has 2 aromatic carbocycles. The standard InChI is InChI=1S/C26H25N3O3/c1-19(28-26(30)21-5-8-23(9-6-21)29-15-3-4-16-29)22-7-10-24(25(17-22)31-2)32-18-20-11-13-27-14-12-20/h3-17,19H,18H2,1-2H3,(H,28,30). The van der Waals surface area contributed by atoms with Gasteiger partial charge in [-0.15, -0.1) is 0 Å². The Hall–Kier alpha value is -4.06. The van der Waals surface area contributed by atoms with Gasteiger partial charge in [0.1, 0.15) is 6.61 Å². The lowest BCUT2D eigenvalue weighted by molar-refractivity contribution is 0.0940. The molecule has 4 rings (SSSR count). The van der Waals surface area contributed by atoms with Gasteiger partial charge >= 0.3 is 0 Å². The van der Waals surface area contributed by atoms with Crippen LogP contribution in [0, 0.1) is 0 Å². The second kappa shape index (κ2) is 9.83. The Morgan fingerprint density at radius 1 is 1.00 bits per heavy atom. The molecule has 0 radical (unpaired) electrons. The highest BCUT2D eigenvalue weighted by molar-refractivity contribution is 5.94. The molecule has 32 heavy (non-hydrogen) atoms. The Bertz CT molecular complexity index is 1160. The predicted molar refractivity (Wildman–Crippen MR) is 123 cm³/mol. The van der Waals surface area contributed by atoms with E-state index < -0.39 is 0 Å². The largest absolute Gasteiger partial charge is 0.493 e. The second-order valence-electron chi connectivity index (χ2n) is 7.39. The van der Waals surface area contributed by atoms with Crippen LogP contribution in [0.5, 0.6) is 11.5 Å². The summed E-state index contributed by atoms with van der Waals surface area (Å²) in [5, 5.41) is 3.05. The van der Waals surface area contributed by atoms with Crippen LogP contribution in [0.4, 0.5) is 0 Å². The molecule has 4 aromatic rings. The first-order valence-corrected chi connectivity index (χ1v) is 10.4. The lowest BCUT2D eigenvalue weighted by Crippen LogP contribution is -2.26. The Labute approximate surface area is 187 Å². The molecule has 0 saturated heterocycles. The summed E-state index contributed by atoms with van der Waals surface area (Å²) in [5.74, 6) is 1.13. The number of hydrogen-bond donors (Lipinski definition) is 1. The maximum atomic E-state index is 12.7. The average Bonchev–Trinajstić information content (AvgIpc) is 3.38. The number of aromatic nitrogens is 2. The van der Waals surface area contributed by atoms with Gasteiger partial charge < -0.3 is 19.4 Å². The van der Waals surface area contributed by atoms with E-state index in [0.717, 1.165) is 16.8 Å². The molecule has 0 spiro atoms. The van der Waals surface area contributed by atoms with Gasteiger partial charge in [-0.25, -0.2) is 0 Å². The fourth-order valence-corrected chi connectivity index (χ4v) is 3.37.